The normalized spacial score (nSPS) is 11.1. The molecule has 0 aliphatic carbocycles. The zero-order chi connectivity index (χ0) is 16.5. The van der Waals surface area contributed by atoms with Gasteiger partial charge in [-0.15, -0.1) is 0 Å². The molecule has 0 atom stereocenters. The van der Waals surface area contributed by atoms with Crippen molar-refractivity contribution < 1.29 is 9.84 Å². The molecule has 5 nitrogen and oxygen atoms in total. The highest BCUT2D eigenvalue weighted by molar-refractivity contribution is 5.79. The van der Waals surface area contributed by atoms with Crippen LogP contribution in [0.1, 0.15) is 18.1 Å². The summed E-state index contributed by atoms with van der Waals surface area (Å²) in [7, 11) is 1.61. The standard InChI is InChI=1S/C18H23N3O2/c1-3-19-18(20-12-14-7-5-4-6-8-14)21-13-15-11-16(23-2)9-10-17(15)22/h4-11,22H,3,12-13H2,1-2H3,(H2,19,20,21). The van der Waals surface area contributed by atoms with Crippen LogP contribution in [0.15, 0.2) is 53.5 Å². The lowest BCUT2D eigenvalue weighted by molar-refractivity contribution is 0.410. The molecule has 23 heavy (non-hydrogen) atoms. The van der Waals surface area contributed by atoms with Crippen LogP contribution < -0.4 is 15.4 Å². The number of nitrogens with one attached hydrogen (secondary N) is 2. The van der Waals surface area contributed by atoms with Crippen molar-refractivity contribution in [2.75, 3.05) is 13.7 Å². The number of phenols is 1. The number of nitrogens with zero attached hydrogens (tertiary/aromatic N) is 1. The average Bonchev–Trinajstić information content (AvgIpc) is 2.59. The number of aromatic hydroxyl groups is 1. The molecule has 0 unspecified atom stereocenters. The minimum atomic E-state index is 0.234. The third-order valence-electron chi connectivity index (χ3n) is 3.34. The van der Waals surface area contributed by atoms with Gasteiger partial charge >= 0.3 is 0 Å². The molecule has 0 bridgehead atoms. The molecular formula is C18H23N3O2. The maximum absolute atomic E-state index is 9.93. The van der Waals surface area contributed by atoms with E-state index in [1.807, 2.05) is 43.3 Å². The number of phenolic OH excluding ortho intramolecular Hbond substituents is 1. The third kappa shape index (κ3) is 5.21. The second-order valence-electron chi connectivity index (χ2n) is 5.03. The molecule has 2 rings (SSSR count). The molecule has 0 saturated heterocycles. The van der Waals surface area contributed by atoms with E-state index in [0.29, 0.717) is 24.8 Å². The van der Waals surface area contributed by atoms with Gasteiger partial charge in [-0.25, -0.2) is 4.99 Å². The first-order valence-corrected chi connectivity index (χ1v) is 7.65. The van der Waals surface area contributed by atoms with Gasteiger partial charge in [-0.05, 0) is 30.7 Å². The van der Waals surface area contributed by atoms with Crippen molar-refractivity contribution in [2.24, 2.45) is 4.99 Å². The fraction of sp³-hybridized carbons (Fsp3) is 0.278. The van der Waals surface area contributed by atoms with Crippen LogP contribution in [0, 0.1) is 0 Å². The molecule has 0 heterocycles. The second kappa shape index (κ2) is 8.68. The van der Waals surface area contributed by atoms with E-state index in [0.717, 1.165) is 17.7 Å². The Kier molecular flexibility index (Phi) is 6.29. The molecule has 3 N–H and O–H groups in total. The molecule has 0 aliphatic rings. The van der Waals surface area contributed by atoms with Gasteiger partial charge in [0.15, 0.2) is 5.96 Å². The molecule has 0 amide bonds. The molecule has 0 spiro atoms. The summed E-state index contributed by atoms with van der Waals surface area (Å²) >= 11 is 0. The minimum absolute atomic E-state index is 0.234. The summed E-state index contributed by atoms with van der Waals surface area (Å²) in [5.41, 5.74) is 1.91. The Morgan fingerprint density at radius 2 is 1.91 bits per heavy atom. The fourth-order valence-corrected chi connectivity index (χ4v) is 2.10. The molecule has 0 fully saturated rings. The highest BCUT2D eigenvalue weighted by Crippen LogP contribution is 2.22. The van der Waals surface area contributed by atoms with Crippen LogP contribution in [0.3, 0.4) is 0 Å². The number of hydrogen-bond acceptors (Lipinski definition) is 3. The van der Waals surface area contributed by atoms with E-state index >= 15 is 0 Å². The lowest BCUT2D eigenvalue weighted by Crippen LogP contribution is -2.36. The van der Waals surface area contributed by atoms with E-state index in [1.54, 1.807) is 19.2 Å². The van der Waals surface area contributed by atoms with Crippen molar-refractivity contribution >= 4 is 5.96 Å². The molecule has 2 aromatic rings. The zero-order valence-electron chi connectivity index (χ0n) is 13.5. The number of methoxy groups -OCH3 is 1. The molecule has 2 aromatic carbocycles. The summed E-state index contributed by atoms with van der Waals surface area (Å²) in [6, 6.07) is 15.2. The Hall–Kier alpha value is -2.69. The van der Waals surface area contributed by atoms with Gasteiger partial charge in [0.2, 0.25) is 0 Å². The van der Waals surface area contributed by atoms with Gasteiger partial charge in [0.05, 0.1) is 13.7 Å². The van der Waals surface area contributed by atoms with Gasteiger partial charge in [0.1, 0.15) is 11.5 Å². The first kappa shape index (κ1) is 16.7. The Morgan fingerprint density at radius 3 is 2.61 bits per heavy atom. The number of ether oxygens (including phenoxy) is 1. The monoisotopic (exact) mass is 313 g/mol. The average molecular weight is 313 g/mol. The minimum Gasteiger partial charge on any atom is -0.508 e. The first-order chi connectivity index (χ1) is 11.2. The first-order valence-electron chi connectivity index (χ1n) is 7.65. The van der Waals surface area contributed by atoms with Gasteiger partial charge in [-0.2, -0.15) is 0 Å². The smallest absolute Gasteiger partial charge is 0.191 e. The largest absolute Gasteiger partial charge is 0.508 e. The molecule has 0 aliphatic heterocycles. The van der Waals surface area contributed by atoms with Crippen molar-refractivity contribution in [1.29, 1.82) is 0 Å². The third-order valence-corrected chi connectivity index (χ3v) is 3.34. The predicted octanol–water partition coefficient (Wildman–Crippen LogP) is 2.66. The van der Waals surface area contributed by atoms with Gasteiger partial charge in [-0.3, -0.25) is 0 Å². The van der Waals surface area contributed by atoms with Crippen LogP contribution in [0.2, 0.25) is 0 Å². The topological polar surface area (TPSA) is 65.9 Å². The van der Waals surface area contributed by atoms with E-state index in [2.05, 4.69) is 15.6 Å². The summed E-state index contributed by atoms with van der Waals surface area (Å²) in [6.45, 7) is 3.84. The SMILES string of the molecule is CCNC(=NCc1ccccc1)NCc1cc(OC)ccc1O. The van der Waals surface area contributed by atoms with Crippen LogP contribution >= 0.6 is 0 Å². The van der Waals surface area contributed by atoms with Crippen molar-refractivity contribution in [3.05, 3.63) is 59.7 Å². The highest BCUT2D eigenvalue weighted by Gasteiger charge is 2.05. The molecule has 0 saturated carbocycles. The van der Waals surface area contributed by atoms with Crippen LogP contribution in [0.25, 0.3) is 0 Å². The lowest BCUT2D eigenvalue weighted by atomic mass is 10.2. The molecule has 0 aromatic heterocycles. The van der Waals surface area contributed by atoms with E-state index in [1.165, 1.54) is 0 Å². The summed E-state index contributed by atoms with van der Waals surface area (Å²) in [5, 5.41) is 16.3. The van der Waals surface area contributed by atoms with Crippen LogP contribution in [0.4, 0.5) is 0 Å². The number of aliphatic imine (C=N–C) groups is 1. The maximum Gasteiger partial charge on any atom is 0.191 e. The van der Waals surface area contributed by atoms with E-state index in [4.69, 9.17) is 4.74 Å². The van der Waals surface area contributed by atoms with Crippen LogP contribution in [-0.2, 0) is 13.1 Å². The molecule has 5 heteroatoms. The zero-order valence-corrected chi connectivity index (χ0v) is 13.5. The summed E-state index contributed by atoms with van der Waals surface area (Å²) in [5.74, 6) is 1.65. The van der Waals surface area contributed by atoms with Gasteiger partial charge in [0.25, 0.3) is 0 Å². The highest BCUT2D eigenvalue weighted by atomic mass is 16.5. The number of hydrogen-bond donors (Lipinski definition) is 3. The van der Waals surface area contributed by atoms with Crippen molar-refractivity contribution in [3.63, 3.8) is 0 Å². The van der Waals surface area contributed by atoms with Crippen molar-refractivity contribution in [1.82, 2.24) is 10.6 Å². The number of rotatable bonds is 6. The predicted molar refractivity (Wildman–Crippen MR) is 92.8 cm³/mol. The molecule has 0 radical (unpaired) electrons. The summed E-state index contributed by atoms with van der Waals surface area (Å²) in [4.78, 5) is 4.55. The van der Waals surface area contributed by atoms with E-state index < -0.39 is 0 Å². The van der Waals surface area contributed by atoms with Gasteiger partial charge in [-0.1, -0.05) is 30.3 Å². The van der Waals surface area contributed by atoms with Crippen molar-refractivity contribution in [2.45, 2.75) is 20.0 Å². The Balaban J connectivity index is 2.02. The van der Waals surface area contributed by atoms with Gasteiger partial charge < -0.3 is 20.5 Å². The van der Waals surface area contributed by atoms with Gasteiger partial charge in [0, 0.05) is 18.7 Å². The quantitative estimate of drug-likeness (QED) is 0.566. The van der Waals surface area contributed by atoms with Crippen LogP contribution in [-0.4, -0.2) is 24.7 Å². The second-order valence-corrected chi connectivity index (χ2v) is 5.03. The van der Waals surface area contributed by atoms with E-state index in [-0.39, 0.29) is 5.75 Å². The molecule has 122 valence electrons. The fourth-order valence-electron chi connectivity index (χ4n) is 2.10. The number of benzene rings is 2. The Morgan fingerprint density at radius 1 is 1.13 bits per heavy atom. The Labute approximate surface area is 137 Å². The Bertz CT molecular complexity index is 642. The maximum atomic E-state index is 9.93. The number of guanidine groups is 1. The summed E-state index contributed by atoms with van der Waals surface area (Å²) < 4.78 is 5.18. The molecular weight excluding hydrogens is 290 g/mol. The van der Waals surface area contributed by atoms with E-state index in [9.17, 15) is 5.11 Å². The van der Waals surface area contributed by atoms with Crippen LogP contribution in [0.5, 0.6) is 11.5 Å². The lowest BCUT2D eigenvalue weighted by Gasteiger charge is -2.13. The summed E-state index contributed by atoms with van der Waals surface area (Å²) in [6.07, 6.45) is 0. The van der Waals surface area contributed by atoms with Crippen molar-refractivity contribution in [3.8, 4) is 11.5 Å².